The smallest absolute Gasteiger partial charge is 0.227 e. The summed E-state index contributed by atoms with van der Waals surface area (Å²) < 4.78 is 0. The Morgan fingerprint density at radius 1 is 1.26 bits per heavy atom. The maximum atomic E-state index is 12.2. The van der Waals surface area contributed by atoms with Gasteiger partial charge < -0.3 is 10.4 Å². The van der Waals surface area contributed by atoms with Crippen molar-refractivity contribution in [1.82, 2.24) is 5.32 Å². The van der Waals surface area contributed by atoms with Crippen LogP contribution in [0.1, 0.15) is 30.0 Å². The topological polar surface area (TPSA) is 49.3 Å². The van der Waals surface area contributed by atoms with Crippen LogP contribution in [-0.4, -0.2) is 17.6 Å². The van der Waals surface area contributed by atoms with E-state index in [9.17, 15) is 9.90 Å². The summed E-state index contributed by atoms with van der Waals surface area (Å²) >= 11 is 1.58. The third-order valence-electron chi connectivity index (χ3n) is 3.14. The average Bonchev–Trinajstić information content (AvgIpc) is 2.98. The van der Waals surface area contributed by atoms with Crippen LogP contribution in [0.2, 0.25) is 0 Å². The summed E-state index contributed by atoms with van der Waals surface area (Å²) in [4.78, 5) is 12.2. The fourth-order valence-electron chi connectivity index (χ4n) is 1.89. The van der Waals surface area contributed by atoms with Crippen molar-refractivity contribution in [3.05, 3.63) is 58.3 Å². The molecule has 0 aliphatic heterocycles. The Bertz CT molecular complexity index is 510. The first-order valence-corrected chi connectivity index (χ1v) is 7.15. The third kappa shape index (κ3) is 3.43. The van der Waals surface area contributed by atoms with Gasteiger partial charge in [0.05, 0.1) is 18.6 Å². The van der Waals surface area contributed by atoms with E-state index in [2.05, 4.69) is 5.32 Å². The molecule has 2 rings (SSSR count). The normalized spacial score (nSPS) is 13.8. The van der Waals surface area contributed by atoms with Gasteiger partial charge in [-0.05, 0) is 34.9 Å². The van der Waals surface area contributed by atoms with Crippen molar-refractivity contribution < 1.29 is 9.90 Å². The van der Waals surface area contributed by atoms with Gasteiger partial charge in [-0.15, -0.1) is 0 Å². The van der Waals surface area contributed by atoms with Gasteiger partial charge in [0, 0.05) is 0 Å². The zero-order valence-corrected chi connectivity index (χ0v) is 11.6. The molecule has 100 valence electrons. The second kappa shape index (κ2) is 6.50. The number of thiophene rings is 1. The van der Waals surface area contributed by atoms with Gasteiger partial charge >= 0.3 is 0 Å². The van der Waals surface area contributed by atoms with Gasteiger partial charge in [0.2, 0.25) is 5.91 Å². The van der Waals surface area contributed by atoms with Crippen LogP contribution in [0.3, 0.4) is 0 Å². The molecule has 0 spiro atoms. The number of amides is 1. The predicted molar refractivity (Wildman–Crippen MR) is 77.1 cm³/mol. The minimum absolute atomic E-state index is 0.0682. The van der Waals surface area contributed by atoms with Crippen LogP contribution >= 0.6 is 11.3 Å². The van der Waals surface area contributed by atoms with E-state index < -0.39 is 0 Å². The number of aliphatic hydroxyl groups excluding tert-OH is 1. The minimum atomic E-state index is -0.352. The number of hydrogen-bond acceptors (Lipinski definition) is 3. The number of rotatable bonds is 5. The monoisotopic (exact) mass is 275 g/mol. The van der Waals surface area contributed by atoms with E-state index >= 15 is 0 Å². The van der Waals surface area contributed by atoms with Crippen LogP contribution in [-0.2, 0) is 4.79 Å². The van der Waals surface area contributed by atoms with Crippen molar-refractivity contribution in [2.45, 2.75) is 18.9 Å². The zero-order valence-electron chi connectivity index (χ0n) is 10.7. The van der Waals surface area contributed by atoms with Crippen LogP contribution in [0.5, 0.6) is 0 Å². The Hall–Kier alpha value is -1.65. The van der Waals surface area contributed by atoms with Crippen molar-refractivity contribution in [2.75, 3.05) is 6.61 Å². The minimum Gasteiger partial charge on any atom is -0.394 e. The molecular formula is C15H17NO2S. The van der Waals surface area contributed by atoms with Crippen LogP contribution in [0.4, 0.5) is 0 Å². The fourth-order valence-corrected chi connectivity index (χ4v) is 2.64. The number of aliphatic hydroxyl groups is 1. The lowest BCUT2D eigenvalue weighted by molar-refractivity contribution is -0.123. The highest BCUT2D eigenvalue weighted by Crippen LogP contribution is 2.20. The summed E-state index contributed by atoms with van der Waals surface area (Å²) in [5, 5.41) is 16.2. The molecule has 1 heterocycles. The lowest BCUT2D eigenvalue weighted by Crippen LogP contribution is -2.33. The summed E-state index contributed by atoms with van der Waals surface area (Å²) in [6, 6.07) is 11.1. The molecule has 0 aliphatic rings. The molecule has 0 radical (unpaired) electrons. The number of carbonyl (C=O) groups is 1. The molecule has 1 aromatic carbocycles. The number of nitrogens with one attached hydrogen (secondary N) is 1. The molecule has 2 atom stereocenters. The molecule has 1 amide bonds. The van der Waals surface area contributed by atoms with Gasteiger partial charge in [0.25, 0.3) is 0 Å². The average molecular weight is 275 g/mol. The van der Waals surface area contributed by atoms with Crippen LogP contribution in [0, 0.1) is 0 Å². The molecular weight excluding hydrogens is 258 g/mol. The zero-order chi connectivity index (χ0) is 13.7. The highest BCUT2D eigenvalue weighted by atomic mass is 32.1. The molecule has 0 aliphatic carbocycles. The van der Waals surface area contributed by atoms with Crippen molar-refractivity contribution in [2.24, 2.45) is 0 Å². The van der Waals surface area contributed by atoms with E-state index in [4.69, 9.17) is 0 Å². The summed E-state index contributed by atoms with van der Waals surface area (Å²) in [6.45, 7) is 1.77. The van der Waals surface area contributed by atoms with Gasteiger partial charge in [0.15, 0.2) is 0 Å². The largest absolute Gasteiger partial charge is 0.394 e. The Kier molecular flexibility index (Phi) is 4.71. The third-order valence-corrected chi connectivity index (χ3v) is 3.84. The molecule has 2 aromatic rings. The molecule has 1 aromatic heterocycles. The molecule has 19 heavy (non-hydrogen) atoms. The highest BCUT2D eigenvalue weighted by Gasteiger charge is 2.19. The number of carbonyl (C=O) groups excluding carboxylic acids is 1. The summed E-state index contributed by atoms with van der Waals surface area (Å²) in [5.74, 6) is -0.273. The molecule has 3 nitrogen and oxygen atoms in total. The van der Waals surface area contributed by atoms with Crippen molar-refractivity contribution in [3.63, 3.8) is 0 Å². The van der Waals surface area contributed by atoms with Gasteiger partial charge in [-0.1, -0.05) is 30.3 Å². The van der Waals surface area contributed by atoms with Crippen molar-refractivity contribution in [1.29, 1.82) is 0 Å². The highest BCUT2D eigenvalue weighted by molar-refractivity contribution is 7.08. The van der Waals surface area contributed by atoms with Crippen molar-refractivity contribution in [3.8, 4) is 0 Å². The van der Waals surface area contributed by atoms with Gasteiger partial charge in [-0.25, -0.2) is 0 Å². The Morgan fingerprint density at radius 2 is 2.00 bits per heavy atom. The molecule has 2 unspecified atom stereocenters. The molecule has 0 fully saturated rings. The fraction of sp³-hybridized carbons (Fsp3) is 0.267. The molecule has 2 N–H and O–H groups in total. The number of hydrogen-bond donors (Lipinski definition) is 2. The SMILES string of the molecule is CC(C(=O)NC(CO)c1ccccc1)c1ccsc1. The lowest BCUT2D eigenvalue weighted by atomic mass is 10.0. The maximum absolute atomic E-state index is 12.2. The Labute approximate surface area is 116 Å². The lowest BCUT2D eigenvalue weighted by Gasteiger charge is -2.19. The first kappa shape index (κ1) is 13.8. The standard InChI is InChI=1S/C15H17NO2S/c1-11(13-7-8-19-10-13)15(18)16-14(9-17)12-5-3-2-4-6-12/h2-8,10-11,14,17H,9H2,1H3,(H,16,18). The number of benzene rings is 1. The first-order chi connectivity index (χ1) is 9.22. The Balaban J connectivity index is 2.05. The van der Waals surface area contributed by atoms with Gasteiger partial charge in [-0.3, -0.25) is 4.79 Å². The van der Waals surface area contributed by atoms with Crippen LogP contribution in [0.15, 0.2) is 47.2 Å². The quantitative estimate of drug-likeness (QED) is 0.881. The summed E-state index contributed by atoms with van der Waals surface area (Å²) in [6.07, 6.45) is 0. The van der Waals surface area contributed by atoms with Crippen LogP contribution < -0.4 is 5.32 Å². The Morgan fingerprint density at radius 3 is 2.58 bits per heavy atom. The maximum Gasteiger partial charge on any atom is 0.227 e. The summed E-state index contributed by atoms with van der Waals surface area (Å²) in [7, 11) is 0. The molecule has 0 saturated heterocycles. The van der Waals surface area contributed by atoms with Crippen molar-refractivity contribution >= 4 is 17.2 Å². The second-order valence-corrected chi connectivity index (χ2v) is 5.21. The first-order valence-electron chi connectivity index (χ1n) is 6.20. The summed E-state index contributed by atoms with van der Waals surface area (Å²) in [5.41, 5.74) is 1.92. The van der Waals surface area contributed by atoms with E-state index in [0.717, 1.165) is 11.1 Å². The second-order valence-electron chi connectivity index (χ2n) is 4.43. The van der Waals surface area contributed by atoms with E-state index in [0.29, 0.717) is 0 Å². The van der Waals surface area contributed by atoms with Crippen LogP contribution in [0.25, 0.3) is 0 Å². The van der Waals surface area contributed by atoms with E-state index in [-0.39, 0.29) is 24.5 Å². The van der Waals surface area contributed by atoms with Gasteiger partial charge in [-0.2, -0.15) is 11.3 Å². The van der Waals surface area contributed by atoms with Gasteiger partial charge in [0.1, 0.15) is 0 Å². The molecule has 0 bridgehead atoms. The molecule has 0 saturated carbocycles. The van der Waals surface area contributed by atoms with E-state index in [1.807, 2.05) is 54.1 Å². The predicted octanol–water partition coefficient (Wildman–Crippen LogP) is 2.70. The molecule has 4 heteroatoms. The van der Waals surface area contributed by atoms with E-state index in [1.165, 1.54) is 0 Å². The van der Waals surface area contributed by atoms with E-state index in [1.54, 1.807) is 11.3 Å².